The molecule has 0 rings (SSSR count). The predicted molar refractivity (Wildman–Crippen MR) is 152 cm³/mol. The van der Waals surface area contributed by atoms with Gasteiger partial charge in [0, 0.05) is 0 Å². The molecule has 0 aromatic heterocycles. The standard InChI is InChI=1S/C29H61P.ClH/c1-5-9-13-17-18-19-21-25-28(24-20-14-10-6-2)29(30,26-22-15-11-7-3)27-23-16-12-8-4;/h28H,5-27,30H2,1-4H3;1H. The molecule has 0 nitrogen and oxygen atoms in total. The molecule has 0 fully saturated rings. The average molecular weight is 477 g/mol. The first-order valence-corrected chi connectivity index (χ1v) is 15.0. The number of hydrogen-bond acceptors (Lipinski definition) is 0. The lowest BCUT2D eigenvalue weighted by molar-refractivity contribution is 0.270. The van der Waals surface area contributed by atoms with E-state index in [4.69, 9.17) is 0 Å². The molecule has 0 bridgehead atoms. The number of unbranched alkanes of at least 4 members (excludes halogenated alkanes) is 15. The second-order valence-electron chi connectivity index (χ2n) is 10.3. The van der Waals surface area contributed by atoms with Crippen molar-refractivity contribution in [3.63, 3.8) is 0 Å². The van der Waals surface area contributed by atoms with Gasteiger partial charge in [-0.25, -0.2) is 0 Å². The van der Waals surface area contributed by atoms with Crippen molar-refractivity contribution in [3.05, 3.63) is 0 Å². The van der Waals surface area contributed by atoms with Crippen molar-refractivity contribution in [1.29, 1.82) is 0 Å². The van der Waals surface area contributed by atoms with Crippen LogP contribution in [0.1, 0.15) is 175 Å². The Hall–Kier alpha value is 0.720. The Morgan fingerprint density at radius 2 is 0.742 bits per heavy atom. The molecule has 2 unspecified atom stereocenters. The van der Waals surface area contributed by atoms with E-state index in [1.807, 2.05) is 0 Å². The predicted octanol–water partition coefficient (Wildman–Crippen LogP) is 11.7. The van der Waals surface area contributed by atoms with E-state index in [0.717, 1.165) is 5.92 Å². The third kappa shape index (κ3) is 19.9. The fourth-order valence-electron chi connectivity index (χ4n) is 5.18. The summed E-state index contributed by atoms with van der Waals surface area (Å²) in [5, 5.41) is 0.524. The SMILES string of the molecule is CCCCCCCCCC(CCCCCC)C(P)(CCCCCC)CCCCCC.Cl. The summed E-state index contributed by atoms with van der Waals surface area (Å²) in [7, 11) is 3.47. The minimum Gasteiger partial charge on any atom is -0.147 e. The lowest BCUT2D eigenvalue weighted by atomic mass is 9.77. The molecule has 0 amide bonds. The summed E-state index contributed by atoms with van der Waals surface area (Å²) in [6.07, 6.45) is 33.1. The van der Waals surface area contributed by atoms with Gasteiger partial charge in [0.15, 0.2) is 0 Å². The second-order valence-corrected chi connectivity index (χ2v) is 11.5. The molecule has 0 heterocycles. The number of hydrogen-bond donors (Lipinski definition) is 0. The summed E-state index contributed by atoms with van der Waals surface area (Å²) < 4.78 is 0. The van der Waals surface area contributed by atoms with Gasteiger partial charge in [0.05, 0.1) is 0 Å². The second kappa shape index (κ2) is 25.3. The highest BCUT2D eigenvalue weighted by molar-refractivity contribution is 7.19. The molecule has 0 aromatic rings. The zero-order chi connectivity index (χ0) is 22.3. The van der Waals surface area contributed by atoms with Crippen molar-refractivity contribution in [2.24, 2.45) is 5.92 Å². The molecule has 0 aromatic carbocycles. The molecule has 0 radical (unpaired) electrons. The molecule has 0 saturated heterocycles. The number of halogens is 1. The van der Waals surface area contributed by atoms with E-state index in [9.17, 15) is 0 Å². The maximum Gasteiger partial charge on any atom is -0.0122 e. The van der Waals surface area contributed by atoms with Gasteiger partial charge in [-0.1, -0.05) is 150 Å². The van der Waals surface area contributed by atoms with Crippen molar-refractivity contribution in [1.82, 2.24) is 0 Å². The Bertz CT molecular complexity index is 319. The smallest absolute Gasteiger partial charge is 0.0122 e. The molecule has 0 saturated carbocycles. The highest BCUT2D eigenvalue weighted by Crippen LogP contribution is 2.44. The van der Waals surface area contributed by atoms with Crippen LogP contribution in [0.2, 0.25) is 0 Å². The number of rotatable bonds is 24. The first-order valence-electron chi connectivity index (χ1n) is 14.4. The van der Waals surface area contributed by atoms with Crippen LogP contribution >= 0.6 is 21.6 Å². The van der Waals surface area contributed by atoms with Gasteiger partial charge in [-0.3, -0.25) is 0 Å². The van der Waals surface area contributed by atoms with E-state index in [0.29, 0.717) is 5.16 Å². The summed E-state index contributed by atoms with van der Waals surface area (Å²) in [4.78, 5) is 0. The average Bonchev–Trinajstić information content (AvgIpc) is 2.75. The Morgan fingerprint density at radius 1 is 0.452 bits per heavy atom. The summed E-state index contributed by atoms with van der Waals surface area (Å²) in [5.41, 5.74) is 0. The molecule has 190 valence electrons. The van der Waals surface area contributed by atoms with E-state index in [1.54, 1.807) is 0 Å². The Morgan fingerprint density at radius 3 is 1.13 bits per heavy atom. The molecule has 0 spiro atoms. The van der Waals surface area contributed by atoms with Crippen LogP contribution in [0.5, 0.6) is 0 Å². The van der Waals surface area contributed by atoms with Gasteiger partial charge in [-0.05, 0) is 36.8 Å². The monoisotopic (exact) mass is 476 g/mol. The van der Waals surface area contributed by atoms with Crippen LogP contribution < -0.4 is 0 Å². The normalized spacial score (nSPS) is 12.7. The third-order valence-corrected chi connectivity index (χ3v) is 8.42. The molecule has 2 heteroatoms. The van der Waals surface area contributed by atoms with Gasteiger partial charge in [-0.2, -0.15) is 0 Å². The summed E-state index contributed by atoms with van der Waals surface area (Å²) >= 11 is 0. The zero-order valence-electron chi connectivity index (χ0n) is 22.3. The molecular weight excluding hydrogens is 415 g/mol. The fraction of sp³-hybridized carbons (Fsp3) is 1.00. The van der Waals surface area contributed by atoms with E-state index >= 15 is 0 Å². The van der Waals surface area contributed by atoms with Crippen LogP contribution in [-0.2, 0) is 0 Å². The Kier molecular flexibility index (Phi) is 27.7. The lowest BCUT2D eigenvalue weighted by Crippen LogP contribution is -2.32. The van der Waals surface area contributed by atoms with Crippen molar-refractivity contribution >= 4 is 21.6 Å². The summed E-state index contributed by atoms with van der Waals surface area (Å²) in [5.74, 6) is 0.943. The molecule has 0 N–H and O–H groups in total. The van der Waals surface area contributed by atoms with Gasteiger partial charge in [-0.15, -0.1) is 21.6 Å². The van der Waals surface area contributed by atoms with Gasteiger partial charge in [0.25, 0.3) is 0 Å². The molecule has 0 aliphatic rings. The molecule has 2 atom stereocenters. The maximum absolute atomic E-state index is 3.47. The first kappa shape index (κ1) is 33.9. The van der Waals surface area contributed by atoms with Crippen LogP contribution in [0.25, 0.3) is 0 Å². The van der Waals surface area contributed by atoms with Gasteiger partial charge in [0.1, 0.15) is 0 Å². The van der Waals surface area contributed by atoms with Crippen LogP contribution in [0.4, 0.5) is 0 Å². The van der Waals surface area contributed by atoms with Gasteiger partial charge < -0.3 is 0 Å². The summed E-state index contributed by atoms with van der Waals surface area (Å²) in [6, 6.07) is 0. The van der Waals surface area contributed by atoms with E-state index in [-0.39, 0.29) is 12.4 Å². The van der Waals surface area contributed by atoms with Crippen LogP contribution in [0, 0.1) is 5.92 Å². The minimum absolute atomic E-state index is 0. The lowest BCUT2D eigenvalue weighted by Gasteiger charge is -2.39. The quantitative estimate of drug-likeness (QED) is 0.0958. The highest BCUT2D eigenvalue weighted by atomic mass is 35.5. The first-order chi connectivity index (χ1) is 14.6. The van der Waals surface area contributed by atoms with Gasteiger partial charge in [0.2, 0.25) is 0 Å². The van der Waals surface area contributed by atoms with E-state index in [1.165, 1.54) is 148 Å². The summed E-state index contributed by atoms with van der Waals surface area (Å²) in [6.45, 7) is 9.35. The van der Waals surface area contributed by atoms with Crippen molar-refractivity contribution < 1.29 is 0 Å². The fourth-order valence-corrected chi connectivity index (χ4v) is 5.92. The van der Waals surface area contributed by atoms with E-state index < -0.39 is 0 Å². The van der Waals surface area contributed by atoms with Crippen LogP contribution in [0.15, 0.2) is 0 Å². The van der Waals surface area contributed by atoms with Crippen molar-refractivity contribution in [3.8, 4) is 0 Å². The topological polar surface area (TPSA) is 0 Å². The molecule has 0 aliphatic carbocycles. The molecule has 31 heavy (non-hydrogen) atoms. The Balaban J connectivity index is 0. The minimum atomic E-state index is 0. The van der Waals surface area contributed by atoms with Crippen LogP contribution in [0.3, 0.4) is 0 Å². The van der Waals surface area contributed by atoms with E-state index in [2.05, 4.69) is 36.9 Å². The largest absolute Gasteiger partial charge is 0.147 e. The molecular formula is C29H62ClP. The van der Waals surface area contributed by atoms with Crippen molar-refractivity contribution in [2.45, 2.75) is 181 Å². The molecule has 0 aliphatic heterocycles. The highest BCUT2D eigenvalue weighted by Gasteiger charge is 2.32. The zero-order valence-corrected chi connectivity index (χ0v) is 24.3. The van der Waals surface area contributed by atoms with Crippen LogP contribution in [-0.4, -0.2) is 5.16 Å². The Labute approximate surface area is 207 Å². The van der Waals surface area contributed by atoms with Crippen molar-refractivity contribution in [2.75, 3.05) is 0 Å². The maximum atomic E-state index is 3.47. The third-order valence-electron chi connectivity index (χ3n) is 7.37. The van der Waals surface area contributed by atoms with Gasteiger partial charge >= 0.3 is 0 Å².